The SMILES string of the molecule is CC1CN(CC2CCCCC2CO)S(=O)(=O)C1. The number of rotatable bonds is 3. The molecule has 1 saturated heterocycles. The van der Waals surface area contributed by atoms with Crippen molar-refractivity contribution in [1.29, 1.82) is 0 Å². The van der Waals surface area contributed by atoms with Crippen molar-refractivity contribution in [2.45, 2.75) is 32.6 Å². The molecule has 0 aromatic heterocycles. The Balaban J connectivity index is 2.00. The number of aliphatic hydroxyl groups is 1. The summed E-state index contributed by atoms with van der Waals surface area (Å²) >= 11 is 0. The molecule has 2 aliphatic rings. The van der Waals surface area contributed by atoms with Crippen molar-refractivity contribution in [3.63, 3.8) is 0 Å². The molecule has 1 aliphatic heterocycles. The highest BCUT2D eigenvalue weighted by Crippen LogP contribution is 2.32. The molecule has 0 amide bonds. The summed E-state index contributed by atoms with van der Waals surface area (Å²) < 4.78 is 25.5. The summed E-state index contributed by atoms with van der Waals surface area (Å²) in [6, 6.07) is 0. The van der Waals surface area contributed by atoms with Gasteiger partial charge >= 0.3 is 0 Å². The first-order chi connectivity index (χ1) is 8.03. The van der Waals surface area contributed by atoms with Gasteiger partial charge in [-0.15, -0.1) is 0 Å². The molecule has 0 radical (unpaired) electrons. The molecule has 5 heteroatoms. The van der Waals surface area contributed by atoms with Gasteiger partial charge < -0.3 is 5.11 Å². The van der Waals surface area contributed by atoms with Crippen molar-refractivity contribution in [3.8, 4) is 0 Å². The summed E-state index contributed by atoms with van der Waals surface area (Å²) in [6.07, 6.45) is 4.45. The van der Waals surface area contributed by atoms with Gasteiger partial charge in [-0.3, -0.25) is 0 Å². The van der Waals surface area contributed by atoms with Crippen LogP contribution in [0.2, 0.25) is 0 Å². The molecule has 2 rings (SSSR count). The molecule has 3 unspecified atom stereocenters. The maximum atomic E-state index is 11.9. The van der Waals surface area contributed by atoms with Crippen LogP contribution in [0.1, 0.15) is 32.6 Å². The van der Waals surface area contributed by atoms with E-state index in [1.165, 1.54) is 12.8 Å². The molecule has 3 atom stereocenters. The molecule has 100 valence electrons. The highest BCUT2D eigenvalue weighted by Gasteiger charge is 2.36. The van der Waals surface area contributed by atoms with Gasteiger partial charge in [-0.1, -0.05) is 19.8 Å². The van der Waals surface area contributed by atoms with E-state index in [1.54, 1.807) is 4.31 Å². The fourth-order valence-electron chi connectivity index (χ4n) is 3.19. The topological polar surface area (TPSA) is 57.6 Å². The predicted molar refractivity (Wildman–Crippen MR) is 67.1 cm³/mol. The third kappa shape index (κ3) is 3.01. The van der Waals surface area contributed by atoms with Crippen LogP contribution in [-0.2, 0) is 10.0 Å². The first kappa shape index (κ1) is 13.3. The first-order valence-electron chi connectivity index (χ1n) is 6.61. The van der Waals surface area contributed by atoms with Gasteiger partial charge in [-0.05, 0) is 30.6 Å². The number of sulfonamides is 1. The predicted octanol–water partition coefficient (Wildman–Crippen LogP) is 1.07. The fourth-order valence-corrected chi connectivity index (χ4v) is 5.13. The van der Waals surface area contributed by atoms with E-state index in [0.717, 1.165) is 12.8 Å². The largest absolute Gasteiger partial charge is 0.396 e. The highest BCUT2D eigenvalue weighted by atomic mass is 32.2. The highest BCUT2D eigenvalue weighted by molar-refractivity contribution is 7.89. The minimum absolute atomic E-state index is 0.202. The third-order valence-corrected chi connectivity index (χ3v) is 6.22. The van der Waals surface area contributed by atoms with E-state index >= 15 is 0 Å². The average molecular weight is 261 g/mol. The Bertz CT molecular complexity index is 355. The molecule has 4 nitrogen and oxygen atoms in total. The van der Waals surface area contributed by atoms with Gasteiger partial charge in [0.15, 0.2) is 0 Å². The van der Waals surface area contributed by atoms with Crippen molar-refractivity contribution in [2.24, 2.45) is 17.8 Å². The van der Waals surface area contributed by atoms with E-state index in [9.17, 15) is 13.5 Å². The normalized spacial score (nSPS) is 38.4. The minimum Gasteiger partial charge on any atom is -0.396 e. The molecule has 0 bridgehead atoms. The Morgan fingerprint density at radius 1 is 1.24 bits per heavy atom. The second-order valence-electron chi connectivity index (χ2n) is 5.69. The lowest BCUT2D eigenvalue weighted by molar-refractivity contribution is 0.120. The lowest BCUT2D eigenvalue weighted by Crippen LogP contribution is -2.36. The van der Waals surface area contributed by atoms with Gasteiger partial charge in [-0.25, -0.2) is 12.7 Å². The molecule has 1 N–H and O–H groups in total. The fraction of sp³-hybridized carbons (Fsp3) is 1.00. The molecular formula is C12H23NO3S. The summed E-state index contributed by atoms with van der Waals surface area (Å²) in [5.41, 5.74) is 0. The van der Waals surface area contributed by atoms with E-state index in [1.807, 2.05) is 6.92 Å². The molecule has 1 saturated carbocycles. The zero-order chi connectivity index (χ0) is 12.5. The summed E-state index contributed by atoms with van der Waals surface area (Å²) in [5.74, 6) is 1.20. The third-order valence-electron chi connectivity index (χ3n) is 4.14. The molecule has 1 aliphatic carbocycles. The van der Waals surface area contributed by atoms with Crippen LogP contribution in [0.25, 0.3) is 0 Å². The van der Waals surface area contributed by atoms with Crippen molar-refractivity contribution in [2.75, 3.05) is 25.4 Å². The smallest absolute Gasteiger partial charge is 0.214 e. The van der Waals surface area contributed by atoms with E-state index in [0.29, 0.717) is 30.7 Å². The lowest BCUT2D eigenvalue weighted by atomic mass is 9.79. The Labute approximate surface area is 104 Å². The summed E-state index contributed by atoms with van der Waals surface area (Å²) in [7, 11) is -3.02. The van der Waals surface area contributed by atoms with Crippen LogP contribution in [-0.4, -0.2) is 43.3 Å². The Hall–Kier alpha value is -0.130. The van der Waals surface area contributed by atoms with Crippen LogP contribution in [0.5, 0.6) is 0 Å². The van der Waals surface area contributed by atoms with Crippen LogP contribution < -0.4 is 0 Å². The first-order valence-corrected chi connectivity index (χ1v) is 8.22. The standard InChI is InChI=1S/C12H23NO3S/c1-10-6-13(17(15,16)9-10)7-11-4-2-3-5-12(11)8-14/h10-12,14H,2-9H2,1H3. The second-order valence-corrected chi connectivity index (χ2v) is 7.70. The second kappa shape index (κ2) is 5.24. The molecule has 0 spiro atoms. The van der Waals surface area contributed by atoms with Gasteiger partial charge in [0.2, 0.25) is 10.0 Å². The van der Waals surface area contributed by atoms with Gasteiger partial charge in [0.25, 0.3) is 0 Å². The Morgan fingerprint density at radius 3 is 2.41 bits per heavy atom. The van der Waals surface area contributed by atoms with E-state index in [4.69, 9.17) is 0 Å². The van der Waals surface area contributed by atoms with E-state index < -0.39 is 10.0 Å². The zero-order valence-corrected chi connectivity index (χ0v) is 11.3. The average Bonchev–Trinajstić information content (AvgIpc) is 2.52. The number of aliphatic hydroxyl groups excluding tert-OH is 1. The quantitative estimate of drug-likeness (QED) is 0.826. The molecule has 17 heavy (non-hydrogen) atoms. The zero-order valence-electron chi connectivity index (χ0n) is 10.5. The molecule has 2 fully saturated rings. The van der Waals surface area contributed by atoms with Crippen molar-refractivity contribution in [1.82, 2.24) is 4.31 Å². The van der Waals surface area contributed by atoms with E-state index in [2.05, 4.69) is 0 Å². The van der Waals surface area contributed by atoms with E-state index in [-0.39, 0.29) is 12.5 Å². The molecule has 0 aromatic carbocycles. The number of hydrogen-bond acceptors (Lipinski definition) is 3. The van der Waals surface area contributed by atoms with Gasteiger partial charge in [0.1, 0.15) is 0 Å². The lowest BCUT2D eigenvalue weighted by Gasteiger charge is -2.32. The van der Waals surface area contributed by atoms with Gasteiger partial charge in [0.05, 0.1) is 5.75 Å². The van der Waals surface area contributed by atoms with Gasteiger partial charge in [-0.2, -0.15) is 0 Å². The van der Waals surface area contributed by atoms with Crippen LogP contribution in [0, 0.1) is 17.8 Å². The summed E-state index contributed by atoms with van der Waals surface area (Å²) in [6.45, 7) is 3.48. The Kier molecular flexibility index (Phi) is 4.10. The van der Waals surface area contributed by atoms with Crippen LogP contribution >= 0.6 is 0 Å². The summed E-state index contributed by atoms with van der Waals surface area (Å²) in [5, 5.41) is 9.35. The minimum atomic E-state index is -3.02. The van der Waals surface area contributed by atoms with Crippen molar-refractivity contribution < 1.29 is 13.5 Å². The maximum Gasteiger partial charge on any atom is 0.214 e. The Morgan fingerprint density at radius 2 is 1.88 bits per heavy atom. The van der Waals surface area contributed by atoms with Crippen LogP contribution in [0.4, 0.5) is 0 Å². The van der Waals surface area contributed by atoms with Gasteiger partial charge in [0, 0.05) is 19.7 Å². The van der Waals surface area contributed by atoms with Crippen molar-refractivity contribution >= 4 is 10.0 Å². The molecule has 1 heterocycles. The van der Waals surface area contributed by atoms with Crippen LogP contribution in [0.3, 0.4) is 0 Å². The molecular weight excluding hydrogens is 238 g/mol. The number of nitrogens with zero attached hydrogens (tertiary/aromatic N) is 1. The maximum absolute atomic E-state index is 11.9. The molecule has 0 aromatic rings. The van der Waals surface area contributed by atoms with Crippen LogP contribution in [0.15, 0.2) is 0 Å². The monoisotopic (exact) mass is 261 g/mol. The number of hydrogen-bond donors (Lipinski definition) is 1. The van der Waals surface area contributed by atoms with Crippen molar-refractivity contribution in [3.05, 3.63) is 0 Å². The summed E-state index contributed by atoms with van der Waals surface area (Å²) in [4.78, 5) is 0.